The molecule has 3 aromatic carbocycles. The summed E-state index contributed by atoms with van der Waals surface area (Å²) in [6, 6.07) is 23.2. The van der Waals surface area contributed by atoms with E-state index in [0.717, 1.165) is 11.1 Å². The van der Waals surface area contributed by atoms with E-state index in [9.17, 15) is 14.7 Å². The molecule has 0 fully saturated rings. The van der Waals surface area contributed by atoms with Crippen LogP contribution in [-0.2, 0) is 45.4 Å². The van der Waals surface area contributed by atoms with Crippen LogP contribution in [0.5, 0.6) is 5.75 Å². The lowest BCUT2D eigenvalue weighted by atomic mass is 10.1. The maximum atomic E-state index is 11.8. The minimum atomic E-state index is -0.852. The van der Waals surface area contributed by atoms with Crippen LogP contribution in [0, 0.1) is 0 Å². The van der Waals surface area contributed by atoms with Gasteiger partial charge in [-0.2, -0.15) is 0 Å². The van der Waals surface area contributed by atoms with Gasteiger partial charge >= 0.3 is 12.3 Å². The smallest absolute Gasteiger partial charge is 0.507 e. The van der Waals surface area contributed by atoms with E-state index < -0.39 is 12.3 Å². The first-order valence-corrected chi connectivity index (χ1v) is 9.58. The number of phenols is 1. The Labute approximate surface area is 179 Å². The number of carbonyl (C=O) groups is 2. The highest BCUT2D eigenvalue weighted by molar-refractivity contribution is 5.61. The second kappa shape index (κ2) is 11.3. The zero-order chi connectivity index (χ0) is 21.9. The standard InChI is InChI=1S/C24H22O7/c25-22-20(16-30-23(26)28-14-18-8-3-1-4-9-18)12-7-13-21(22)17-31-24(27)29-15-19-10-5-2-6-11-19/h1-13,25H,14-17H2. The van der Waals surface area contributed by atoms with Crippen LogP contribution in [-0.4, -0.2) is 17.4 Å². The third-order valence-corrected chi connectivity index (χ3v) is 4.29. The number of hydrogen-bond acceptors (Lipinski definition) is 7. The molecule has 160 valence electrons. The lowest BCUT2D eigenvalue weighted by Crippen LogP contribution is -2.09. The van der Waals surface area contributed by atoms with Crippen molar-refractivity contribution >= 4 is 12.3 Å². The molecule has 3 rings (SSSR count). The molecule has 7 heteroatoms. The summed E-state index contributed by atoms with van der Waals surface area (Å²) in [5.74, 6) is -0.130. The Balaban J connectivity index is 1.44. The molecule has 0 heterocycles. The molecule has 0 radical (unpaired) electrons. The monoisotopic (exact) mass is 422 g/mol. The fraction of sp³-hybridized carbons (Fsp3) is 0.167. The largest absolute Gasteiger partial charge is 0.508 e. The summed E-state index contributed by atoms with van der Waals surface area (Å²) in [6.07, 6.45) is -1.70. The van der Waals surface area contributed by atoms with E-state index >= 15 is 0 Å². The van der Waals surface area contributed by atoms with Crippen LogP contribution in [0.4, 0.5) is 9.59 Å². The van der Waals surface area contributed by atoms with E-state index in [0.29, 0.717) is 11.1 Å². The second-order valence-corrected chi connectivity index (χ2v) is 6.55. The highest BCUT2D eigenvalue weighted by Crippen LogP contribution is 2.24. The SMILES string of the molecule is O=C(OCc1ccccc1)OCc1cccc(COC(=O)OCc2ccccc2)c1O. The Kier molecular flexibility index (Phi) is 7.88. The Morgan fingerprint density at radius 1 is 0.548 bits per heavy atom. The van der Waals surface area contributed by atoms with Gasteiger partial charge in [-0.05, 0) is 11.1 Å². The van der Waals surface area contributed by atoms with Gasteiger partial charge in [0, 0.05) is 11.1 Å². The molecule has 0 aliphatic heterocycles. The number of benzene rings is 3. The third-order valence-electron chi connectivity index (χ3n) is 4.29. The molecule has 0 spiro atoms. The van der Waals surface area contributed by atoms with Gasteiger partial charge in [-0.25, -0.2) is 9.59 Å². The van der Waals surface area contributed by atoms with Crippen LogP contribution >= 0.6 is 0 Å². The zero-order valence-electron chi connectivity index (χ0n) is 16.7. The average Bonchev–Trinajstić information content (AvgIpc) is 2.81. The van der Waals surface area contributed by atoms with Crippen molar-refractivity contribution in [2.45, 2.75) is 26.4 Å². The molecule has 0 bridgehead atoms. The summed E-state index contributed by atoms with van der Waals surface area (Å²) in [5, 5.41) is 10.4. The van der Waals surface area contributed by atoms with Crippen LogP contribution < -0.4 is 0 Å². The van der Waals surface area contributed by atoms with Crippen molar-refractivity contribution in [2.24, 2.45) is 0 Å². The number of para-hydroxylation sites is 1. The molecule has 7 nitrogen and oxygen atoms in total. The number of hydrogen-bond donors (Lipinski definition) is 1. The lowest BCUT2D eigenvalue weighted by molar-refractivity contribution is 0.0434. The fourth-order valence-corrected chi connectivity index (χ4v) is 2.67. The summed E-state index contributed by atoms with van der Waals surface area (Å²) in [6.45, 7) is -0.202. The van der Waals surface area contributed by atoms with Crippen LogP contribution in [0.25, 0.3) is 0 Å². The number of phenolic OH excluding ortho intramolecular Hbond substituents is 1. The number of rotatable bonds is 8. The van der Waals surface area contributed by atoms with Gasteiger partial charge in [0.25, 0.3) is 0 Å². The fourth-order valence-electron chi connectivity index (χ4n) is 2.67. The first kappa shape index (κ1) is 21.7. The summed E-state index contributed by atoms with van der Waals surface area (Å²) >= 11 is 0. The number of aromatic hydroxyl groups is 1. The van der Waals surface area contributed by atoms with Crippen molar-refractivity contribution in [2.75, 3.05) is 0 Å². The summed E-state index contributed by atoms with van der Waals surface area (Å²) < 4.78 is 20.2. The molecule has 0 amide bonds. The van der Waals surface area contributed by atoms with E-state index in [-0.39, 0.29) is 32.2 Å². The first-order chi connectivity index (χ1) is 15.1. The van der Waals surface area contributed by atoms with Gasteiger partial charge in [-0.15, -0.1) is 0 Å². The Bertz CT molecular complexity index is 910. The quantitative estimate of drug-likeness (QED) is 0.505. The van der Waals surface area contributed by atoms with Gasteiger partial charge in [0.15, 0.2) is 0 Å². The summed E-state index contributed by atoms with van der Waals surface area (Å²) in [4.78, 5) is 23.6. The Morgan fingerprint density at radius 3 is 1.35 bits per heavy atom. The van der Waals surface area contributed by atoms with Crippen LogP contribution in [0.15, 0.2) is 78.9 Å². The van der Waals surface area contributed by atoms with Crippen molar-refractivity contribution < 1.29 is 33.6 Å². The molecule has 0 aliphatic rings. The van der Waals surface area contributed by atoms with Crippen molar-refractivity contribution in [3.63, 3.8) is 0 Å². The summed E-state index contributed by atoms with van der Waals surface area (Å²) in [5.41, 5.74) is 2.38. The molecule has 0 unspecified atom stereocenters. The normalized spacial score (nSPS) is 10.2. The third kappa shape index (κ3) is 7.08. The van der Waals surface area contributed by atoms with Gasteiger partial charge in [-0.3, -0.25) is 0 Å². The molecule has 0 aliphatic carbocycles. The minimum Gasteiger partial charge on any atom is -0.507 e. The van der Waals surface area contributed by atoms with Crippen molar-refractivity contribution in [1.82, 2.24) is 0 Å². The van der Waals surface area contributed by atoms with Gasteiger partial charge in [-0.1, -0.05) is 78.9 Å². The highest BCUT2D eigenvalue weighted by Gasteiger charge is 2.13. The molecule has 31 heavy (non-hydrogen) atoms. The highest BCUT2D eigenvalue weighted by atomic mass is 16.7. The predicted molar refractivity (Wildman–Crippen MR) is 111 cm³/mol. The van der Waals surface area contributed by atoms with Crippen molar-refractivity contribution in [3.05, 3.63) is 101 Å². The number of carbonyl (C=O) groups excluding carboxylic acids is 2. The van der Waals surface area contributed by atoms with Crippen molar-refractivity contribution in [1.29, 1.82) is 0 Å². The van der Waals surface area contributed by atoms with Crippen LogP contribution in [0.2, 0.25) is 0 Å². The Morgan fingerprint density at radius 2 is 0.935 bits per heavy atom. The van der Waals surface area contributed by atoms with Gasteiger partial charge in [0.2, 0.25) is 0 Å². The molecule has 3 aromatic rings. The van der Waals surface area contributed by atoms with E-state index in [4.69, 9.17) is 18.9 Å². The lowest BCUT2D eigenvalue weighted by Gasteiger charge is -2.11. The second-order valence-electron chi connectivity index (χ2n) is 6.55. The molecular weight excluding hydrogens is 400 g/mol. The first-order valence-electron chi connectivity index (χ1n) is 9.58. The van der Waals surface area contributed by atoms with Crippen LogP contribution in [0.1, 0.15) is 22.3 Å². The molecule has 0 aromatic heterocycles. The van der Waals surface area contributed by atoms with Crippen LogP contribution in [0.3, 0.4) is 0 Å². The van der Waals surface area contributed by atoms with E-state index in [2.05, 4.69) is 0 Å². The average molecular weight is 422 g/mol. The van der Waals surface area contributed by atoms with Gasteiger partial charge in [0.05, 0.1) is 0 Å². The van der Waals surface area contributed by atoms with E-state index in [1.165, 1.54) is 0 Å². The molecule has 0 atom stereocenters. The minimum absolute atomic E-state index is 0.0879. The van der Waals surface area contributed by atoms with E-state index in [1.807, 2.05) is 60.7 Å². The number of ether oxygens (including phenoxy) is 4. The molecule has 0 saturated heterocycles. The van der Waals surface area contributed by atoms with Crippen molar-refractivity contribution in [3.8, 4) is 5.75 Å². The Hall–Kier alpha value is -4.00. The van der Waals surface area contributed by atoms with E-state index in [1.54, 1.807) is 18.2 Å². The molecular formula is C24H22O7. The topological polar surface area (TPSA) is 91.3 Å². The predicted octanol–water partition coefficient (Wildman–Crippen LogP) is 5.10. The molecule has 1 N–H and O–H groups in total. The maximum absolute atomic E-state index is 11.8. The maximum Gasteiger partial charge on any atom is 0.508 e. The summed E-state index contributed by atoms with van der Waals surface area (Å²) in [7, 11) is 0. The van der Waals surface area contributed by atoms with Gasteiger partial charge < -0.3 is 24.1 Å². The molecule has 0 saturated carbocycles. The zero-order valence-corrected chi connectivity index (χ0v) is 16.7. The van der Waals surface area contributed by atoms with Gasteiger partial charge in [0.1, 0.15) is 32.2 Å².